The van der Waals surface area contributed by atoms with Crippen molar-refractivity contribution in [1.29, 1.82) is 0 Å². The summed E-state index contributed by atoms with van der Waals surface area (Å²) in [5.41, 5.74) is 0. The van der Waals surface area contributed by atoms with E-state index in [0.29, 0.717) is 6.16 Å². The van der Waals surface area contributed by atoms with Crippen molar-refractivity contribution in [3.63, 3.8) is 0 Å². The second-order valence-corrected chi connectivity index (χ2v) is 4.34. The van der Waals surface area contributed by atoms with Gasteiger partial charge in [-0.2, -0.15) is 0 Å². The van der Waals surface area contributed by atoms with Gasteiger partial charge in [-0.05, 0) is 18.6 Å². The van der Waals surface area contributed by atoms with Gasteiger partial charge in [0, 0.05) is 6.07 Å². The molecule has 2 nitrogen and oxygen atoms in total. The zero-order valence-corrected chi connectivity index (χ0v) is 7.92. The Morgan fingerprint density at radius 2 is 2.25 bits per heavy atom. The third-order valence-electron chi connectivity index (χ3n) is 1.54. The van der Waals surface area contributed by atoms with Crippen LogP contribution in [0.2, 0.25) is 0 Å². The van der Waals surface area contributed by atoms with Crippen LogP contribution in [-0.4, -0.2) is 11.3 Å². The van der Waals surface area contributed by atoms with Crippen molar-refractivity contribution in [2.75, 3.05) is 6.16 Å². The summed E-state index contributed by atoms with van der Waals surface area (Å²) >= 11 is 0. The van der Waals surface area contributed by atoms with Gasteiger partial charge in [0.1, 0.15) is 5.75 Å². The van der Waals surface area contributed by atoms with E-state index in [2.05, 4.69) is 0 Å². The molecule has 0 bridgehead atoms. The molecule has 1 rings (SSSR count). The predicted octanol–water partition coefficient (Wildman–Crippen LogP) is 2.25. The molecule has 0 radical (unpaired) electrons. The predicted molar refractivity (Wildman–Crippen MR) is 50.5 cm³/mol. The summed E-state index contributed by atoms with van der Waals surface area (Å²) in [6, 6.07) is 6.65. The van der Waals surface area contributed by atoms with Gasteiger partial charge in [-0.15, -0.1) is 0 Å². The third kappa shape index (κ3) is 2.31. The van der Waals surface area contributed by atoms with Crippen LogP contribution in [0.5, 0.6) is 5.75 Å². The third-order valence-corrected chi connectivity index (χ3v) is 3.25. The molecule has 0 amide bonds. The molecule has 3 heteroatoms. The molecule has 0 saturated heterocycles. The Bertz CT molecular complexity index is 284. The summed E-state index contributed by atoms with van der Waals surface area (Å²) in [5.74, 6) is 0.187. The SMILES string of the molecule is CCC[P+](=O)c1cccc(O)c1. The Balaban J connectivity index is 2.81. The molecule has 1 aromatic rings. The minimum Gasteiger partial charge on any atom is -0.508 e. The summed E-state index contributed by atoms with van der Waals surface area (Å²) in [5, 5.41) is 9.84. The van der Waals surface area contributed by atoms with E-state index in [9.17, 15) is 4.57 Å². The normalized spacial score (nSPS) is 11.2. The maximum absolute atomic E-state index is 11.4. The van der Waals surface area contributed by atoms with Gasteiger partial charge in [-0.1, -0.05) is 17.6 Å². The number of phenolic OH excluding ortho intramolecular Hbond substituents is 1. The molecule has 1 unspecified atom stereocenters. The highest BCUT2D eigenvalue weighted by atomic mass is 31.1. The van der Waals surface area contributed by atoms with E-state index in [4.69, 9.17) is 5.11 Å². The number of hydrogen-bond acceptors (Lipinski definition) is 2. The topological polar surface area (TPSA) is 37.3 Å². The summed E-state index contributed by atoms with van der Waals surface area (Å²) in [6.07, 6.45) is 1.60. The van der Waals surface area contributed by atoms with E-state index >= 15 is 0 Å². The average molecular weight is 183 g/mol. The molecule has 0 saturated carbocycles. The van der Waals surface area contributed by atoms with Gasteiger partial charge in [0.25, 0.3) is 0 Å². The van der Waals surface area contributed by atoms with Crippen molar-refractivity contribution >= 4 is 13.1 Å². The van der Waals surface area contributed by atoms with E-state index in [1.807, 2.05) is 6.92 Å². The van der Waals surface area contributed by atoms with E-state index in [1.165, 1.54) is 0 Å². The van der Waals surface area contributed by atoms with Gasteiger partial charge in [-0.3, -0.25) is 0 Å². The lowest BCUT2D eigenvalue weighted by atomic mass is 10.3. The van der Waals surface area contributed by atoms with Crippen molar-refractivity contribution in [3.8, 4) is 5.75 Å². The molecule has 0 heterocycles. The lowest BCUT2D eigenvalue weighted by Crippen LogP contribution is -1.96. The number of hydrogen-bond donors (Lipinski definition) is 1. The molecule has 0 spiro atoms. The van der Waals surface area contributed by atoms with Gasteiger partial charge in [-0.25, -0.2) is 0 Å². The fraction of sp³-hybridized carbons (Fsp3) is 0.333. The first-order valence-corrected chi connectivity index (χ1v) is 5.42. The zero-order valence-electron chi connectivity index (χ0n) is 7.03. The molecule has 1 N–H and O–H groups in total. The van der Waals surface area contributed by atoms with Gasteiger partial charge < -0.3 is 5.11 Å². The van der Waals surface area contributed by atoms with Crippen LogP contribution in [0.3, 0.4) is 0 Å². The number of benzene rings is 1. The van der Waals surface area contributed by atoms with E-state index in [0.717, 1.165) is 11.7 Å². The number of aromatic hydroxyl groups is 1. The first kappa shape index (κ1) is 9.21. The molecule has 12 heavy (non-hydrogen) atoms. The quantitative estimate of drug-likeness (QED) is 0.730. The van der Waals surface area contributed by atoms with Crippen molar-refractivity contribution in [2.24, 2.45) is 0 Å². The van der Waals surface area contributed by atoms with Crippen LogP contribution in [0.4, 0.5) is 0 Å². The van der Waals surface area contributed by atoms with E-state index in [1.54, 1.807) is 24.3 Å². The average Bonchev–Trinajstić information content (AvgIpc) is 2.05. The maximum atomic E-state index is 11.4. The highest BCUT2D eigenvalue weighted by Crippen LogP contribution is 2.22. The highest BCUT2D eigenvalue weighted by Gasteiger charge is 2.17. The molecule has 0 aliphatic rings. The largest absolute Gasteiger partial charge is 0.508 e. The fourth-order valence-electron chi connectivity index (χ4n) is 0.980. The molecule has 0 aromatic heterocycles. The Labute approximate surface area is 73.0 Å². The smallest absolute Gasteiger partial charge is 0.376 e. The monoisotopic (exact) mass is 183 g/mol. The van der Waals surface area contributed by atoms with Crippen LogP contribution in [0.25, 0.3) is 0 Å². The minimum absolute atomic E-state index is 0.187. The van der Waals surface area contributed by atoms with Crippen LogP contribution in [0.1, 0.15) is 13.3 Å². The van der Waals surface area contributed by atoms with Crippen molar-refractivity contribution in [1.82, 2.24) is 0 Å². The van der Waals surface area contributed by atoms with Crippen molar-refractivity contribution < 1.29 is 9.67 Å². The fourth-order valence-corrected chi connectivity index (χ4v) is 2.17. The van der Waals surface area contributed by atoms with Crippen LogP contribution in [0.15, 0.2) is 24.3 Å². The summed E-state index contributed by atoms with van der Waals surface area (Å²) in [7, 11) is -1.30. The summed E-state index contributed by atoms with van der Waals surface area (Å²) < 4.78 is 11.4. The second kappa shape index (κ2) is 4.22. The van der Waals surface area contributed by atoms with Crippen LogP contribution >= 0.6 is 7.80 Å². The Morgan fingerprint density at radius 3 is 2.83 bits per heavy atom. The second-order valence-electron chi connectivity index (χ2n) is 2.62. The van der Waals surface area contributed by atoms with Gasteiger partial charge in [0.2, 0.25) is 0 Å². The Morgan fingerprint density at radius 1 is 1.50 bits per heavy atom. The van der Waals surface area contributed by atoms with Crippen LogP contribution < -0.4 is 5.30 Å². The number of rotatable bonds is 3. The maximum Gasteiger partial charge on any atom is 0.376 e. The minimum atomic E-state index is -1.30. The summed E-state index contributed by atoms with van der Waals surface area (Å²) in [6.45, 7) is 2.00. The van der Waals surface area contributed by atoms with Gasteiger partial charge >= 0.3 is 7.80 Å². The zero-order chi connectivity index (χ0) is 8.97. The van der Waals surface area contributed by atoms with Crippen LogP contribution in [-0.2, 0) is 4.57 Å². The highest BCUT2D eigenvalue weighted by molar-refractivity contribution is 7.53. The van der Waals surface area contributed by atoms with Crippen LogP contribution in [0, 0.1) is 0 Å². The Kier molecular flexibility index (Phi) is 3.24. The van der Waals surface area contributed by atoms with Gasteiger partial charge in [0.15, 0.2) is 11.5 Å². The van der Waals surface area contributed by atoms with Crippen molar-refractivity contribution in [2.45, 2.75) is 13.3 Å². The first-order chi connectivity index (χ1) is 5.74. The molecule has 1 aromatic carbocycles. The molecule has 64 valence electrons. The van der Waals surface area contributed by atoms with Gasteiger partial charge in [0.05, 0.1) is 0 Å². The lowest BCUT2D eigenvalue weighted by molar-refractivity contribution is 0.475. The molecule has 1 atom stereocenters. The molecular weight excluding hydrogens is 171 g/mol. The molecule has 0 fully saturated rings. The first-order valence-electron chi connectivity index (χ1n) is 3.97. The van der Waals surface area contributed by atoms with E-state index in [-0.39, 0.29) is 5.75 Å². The Hall–Kier alpha value is -0.880. The molecular formula is C9H12O2P+. The number of phenols is 1. The lowest BCUT2D eigenvalue weighted by Gasteiger charge is -1.89. The standard InChI is InChI=1S/C9H11O2P/c1-2-6-12(11)9-5-3-4-8(10)7-9/h3-5,7H,2,6H2,1H3/p+1. The van der Waals surface area contributed by atoms with E-state index < -0.39 is 7.80 Å². The molecule has 0 aliphatic carbocycles. The molecule has 0 aliphatic heterocycles. The van der Waals surface area contributed by atoms with Crippen molar-refractivity contribution in [3.05, 3.63) is 24.3 Å². The summed E-state index contributed by atoms with van der Waals surface area (Å²) in [4.78, 5) is 0.